The van der Waals surface area contributed by atoms with Gasteiger partial charge >= 0.3 is 5.97 Å². The highest BCUT2D eigenvalue weighted by atomic mass is 16.6. The molecule has 0 saturated heterocycles. The average Bonchev–Trinajstić information content (AvgIpc) is 2.92. The largest absolute Gasteiger partial charge is 0.460 e. The minimum absolute atomic E-state index is 0.0843. The normalized spacial score (nSPS) is 16.6. The molecule has 100 valence electrons. The van der Waals surface area contributed by atoms with Crippen molar-refractivity contribution in [1.29, 1.82) is 0 Å². The lowest BCUT2D eigenvalue weighted by molar-refractivity contribution is -0.155. The van der Waals surface area contributed by atoms with Crippen molar-refractivity contribution < 1.29 is 9.53 Å². The van der Waals surface area contributed by atoms with E-state index < -0.39 is 0 Å². The van der Waals surface area contributed by atoms with Crippen LogP contribution in [-0.2, 0) is 9.53 Å². The molecule has 1 fully saturated rings. The summed E-state index contributed by atoms with van der Waals surface area (Å²) in [7, 11) is 0. The van der Waals surface area contributed by atoms with Gasteiger partial charge in [0.15, 0.2) is 0 Å². The van der Waals surface area contributed by atoms with E-state index in [1.807, 2.05) is 20.8 Å². The molecule has 0 aromatic carbocycles. The first kappa shape index (κ1) is 14.5. The summed E-state index contributed by atoms with van der Waals surface area (Å²) < 4.78 is 5.32. The van der Waals surface area contributed by atoms with Crippen LogP contribution in [0, 0.1) is 5.92 Å². The van der Waals surface area contributed by atoms with Crippen molar-refractivity contribution in [1.82, 2.24) is 4.90 Å². The van der Waals surface area contributed by atoms with Crippen molar-refractivity contribution in [3.05, 3.63) is 0 Å². The molecule has 0 spiro atoms. The maximum atomic E-state index is 11.6. The highest BCUT2D eigenvalue weighted by Crippen LogP contribution is 2.30. The van der Waals surface area contributed by atoms with Crippen LogP contribution in [0.25, 0.3) is 0 Å². The van der Waals surface area contributed by atoms with E-state index >= 15 is 0 Å². The lowest BCUT2D eigenvalue weighted by Crippen LogP contribution is -2.35. The zero-order valence-electron chi connectivity index (χ0n) is 12.0. The van der Waals surface area contributed by atoms with E-state index in [1.165, 1.54) is 12.8 Å². The van der Waals surface area contributed by atoms with Crippen molar-refractivity contribution in [2.24, 2.45) is 5.92 Å². The van der Waals surface area contributed by atoms with Crippen LogP contribution in [0.2, 0.25) is 0 Å². The van der Waals surface area contributed by atoms with Gasteiger partial charge in [-0.1, -0.05) is 0 Å². The van der Waals surface area contributed by atoms with E-state index in [0.717, 1.165) is 19.0 Å². The maximum Gasteiger partial charge on any atom is 0.307 e. The average molecular weight is 241 g/mol. The molecule has 0 aliphatic heterocycles. The van der Waals surface area contributed by atoms with Gasteiger partial charge in [0.25, 0.3) is 0 Å². The van der Waals surface area contributed by atoms with Crippen LogP contribution in [0.15, 0.2) is 0 Å². The Morgan fingerprint density at radius 2 is 1.94 bits per heavy atom. The van der Waals surface area contributed by atoms with Gasteiger partial charge in [-0.15, -0.1) is 0 Å². The Kier molecular flexibility index (Phi) is 4.99. The number of hydrogen-bond donors (Lipinski definition) is 0. The van der Waals surface area contributed by atoms with Gasteiger partial charge in [-0.3, -0.25) is 4.79 Å². The second-order valence-electron chi connectivity index (χ2n) is 6.37. The summed E-state index contributed by atoms with van der Waals surface area (Å²) in [5.41, 5.74) is -0.365. The molecule has 0 radical (unpaired) electrons. The summed E-state index contributed by atoms with van der Waals surface area (Å²) in [4.78, 5) is 14.0. The van der Waals surface area contributed by atoms with Crippen molar-refractivity contribution >= 4 is 5.97 Å². The summed E-state index contributed by atoms with van der Waals surface area (Å²) in [6.45, 7) is 12.1. The Morgan fingerprint density at radius 1 is 1.35 bits per heavy atom. The van der Waals surface area contributed by atoms with Crippen molar-refractivity contribution in [3.63, 3.8) is 0 Å². The van der Waals surface area contributed by atoms with Gasteiger partial charge in [-0.2, -0.15) is 0 Å². The Morgan fingerprint density at radius 3 is 2.35 bits per heavy atom. The fourth-order valence-electron chi connectivity index (χ4n) is 1.82. The lowest BCUT2D eigenvalue weighted by Gasteiger charge is -2.27. The molecule has 17 heavy (non-hydrogen) atoms. The van der Waals surface area contributed by atoms with E-state index in [1.54, 1.807) is 0 Å². The maximum absolute atomic E-state index is 11.6. The SMILES string of the molecule is CC(C)N(CCC(=O)OC(C)(C)C)CC1CC1. The van der Waals surface area contributed by atoms with Gasteiger partial charge < -0.3 is 9.64 Å². The minimum Gasteiger partial charge on any atom is -0.460 e. The molecule has 0 heterocycles. The van der Waals surface area contributed by atoms with Gasteiger partial charge in [0.2, 0.25) is 0 Å². The second-order valence-corrected chi connectivity index (χ2v) is 6.37. The van der Waals surface area contributed by atoms with Crippen LogP contribution in [0.3, 0.4) is 0 Å². The molecule has 0 amide bonds. The molecule has 0 unspecified atom stereocenters. The van der Waals surface area contributed by atoms with E-state index in [4.69, 9.17) is 4.74 Å². The molecule has 1 aliphatic rings. The lowest BCUT2D eigenvalue weighted by atomic mass is 10.2. The number of rotatable bonds is 6. The monoisotopic (exact) mass is 241 g/mol. The van der Waals surface area contributed by atoms with Gasteiger partial charge in [0.1, 0.15) is 5.60 Å². The number of carbonyl (C=O) groups is 1. The van der Waals surface area contributed by atoms with Crippen LogP contribution < -0.4 is 0 Å². The molecule has 3 heteroatoms. The molecular formula is C14H27NO2. The molecule has 0 N–H and O–H groups in total. The van der Waals surface area contributed by atoms with Crippen LogP contribution in [0.4, 0.5) is 0 Å². The fraction of sp³-hybridized carbons (Fsp3) is 0.929. The molecular weight excluding hydrogens is 214 g/mol. The minimum atomic E-state index is -0.365. The third kappa shape index (κ3) is 6.67. The molecule has 1 rings (SSSR count). The van der Waals surface area contributed by atoms with Gasteiger partial charge in [-0.05, 0) is 53.4 Å². The zero-order valence-corrected chi connectivity index (χ0v) is 12.0. The molecule has 1 saturated carbocycles. The van der Waals surface area contributed by atoms with E-state index in [2.05, 4.69) is 18.7 Å². The number of nitrogens with zero attached hydrogens (tertiary/aromatic N) is 1. The molecule has 0 bridgehead atoms. The van der Waals surface area contributed by atoms with Crippen molar-refractivity contribution in [2.75, 3.05) is 13.1 Å². The molecule has 0 atom stereocenters. The van der Waals surface area contributed by atoms with Crippen LogP contribution in [-0.4, -0.2) is 35.6 Å². The Bertz CT molecular complexity index is 251. The topological polar surface area (TPSA) is 29.5 Å². The predicted molar refractivity (Wildman–Crippen MR) is 69.9 cm³/mol. The first-order valence-corrected chi connectivity index (χ1v) is 6.74. The Labute approximate surface area is 106 Å². The van der Waals surface area contributed by atoms with Crippen molar-refractivity contribution in [2.45, 2.75) is 65.5 Å². The van der Waals surface area contributed by atoms with Gasteiger partial charge in [0, 0.05) is 19.1 Å². The summed E-state index contributed by atoms with van der Waals surface area (Å²) in [5.74, 6) is 0.787. The molecule has 3 nitrogen and oxygen atoms in total. The Hall–Kier alpha value is -0.570. The zero-order chi connectivity index (χ0) is 13.1. The second kappa shape index (κ2) is 5.85. The van der Waals surface area contributed by atoms with Crippen molar-refractivity contribution in [3.8, 4) is 0 Å². The summed E-state index contributed by atoms with van der Waals surface area (Å²) in [6.07, 6.45) is 3.22. The summed E-state index contributed by atoms with van der Waals surface area (Å²) >= 11 is 0. The van der Waals surface area contributed by atoms with Crippen LogP contribution in [0.1, 0.15) is 53.9 Å². The Balaban J connectivity index is 2.27. The standard InChI is InChI=1S/C14H27NO2/c1-11(2)15(10-12-6-7-12)9-8-13(16)17-14(3,4)5/h11-12H,6-10H2,1-5H3. The smallest absolute Gasteiger partial charge is 0.307 e. The predicted octanol–water partition coefficient (Wildman–Crippen LogP) is 2.84. The molecule has 0 aromatic heterocycles. The number of hydrogen-bond acceptors (Lipinski definition) is 3. The third-order valence-electron chi connectivity index (χ3n) is 2.94. The third-order valence-corrected chi connectivity index (χ3v) is 2.94. The van der Waals surface area contributed by atoms with Gasteiger partial charge in [-0.25, -0.2) is 0 Å². The van der Waals surface area contributed by atoms with E-state index in [-0.39, 0.29) is 11.6 Å². The van der Waals surface area contributed by atoms with Crippen LogP contribution >= 0.6 is 0 Å². The number of esters is 1. The molecule has 0 aromatic rings. The van der Waals surface area contributed by atoms with E-state index in [9.17, 15) is 4.79 Å². The highest BCUT2D eigenvalue weighted by molar-refractivity contribution is 5.70. The number of ether oxygens (including phenoxy) is 1. The fourth-order valence-corrected chi connectivity index (χ4v) is 1.82. The first-order valence-electron chi connectivity index (χ1n) is 6.74. The first-order chi connectivity index (χ1) is 7.78. The summed E-state index contributed by atoms with van der Waals surface area (Å²) in [6, 6.07) is 0.512. The van der Waals surface area contributed by atoms with Crippen LogP contribution in [0.5, 0.6) is 0 Å². The van der Waals surface area contributed by atoms with Gasteiger partial charge in [0.05, 0.1) is 6.42 Å². The molecule has 1 aliphatic carbocycles. The number of carbonyl (C=O) groups excluding carboxylic acids is 1. The summed E-state index contributed by atoms with van der Waals surface area (Å²) in [5, 5.41) is 0. The quantitative estimate of drug-likeness (QED) is 0.670. The highest BCUT2D eigenvalue weighted by Gasteiger charge is 2.26. The van der Waals surface area contributed by atoms with E-state index in [0.29, 0.717) is 12.5 Å².